The molecule has 0 aliphatic carbocycles. The van der Waals surface area contributed by atoms with E-state index in [1.54, 1.807) is 6.07 Å². The zero-order valence-electron chi connectivity index (χ0n) is 13.7. The Bertz CT molecular complexity index is 889. The fourth-order valence-corrected chi connectivity index (χ4v) is 2.57. The van der Waals surface area contributed by atoms with Crippen molar-refractivity contribution in [3.05, 3.63) is 75.9 Å². The zero-order chi connectivity index (χ0) is 17.8. The smallest absolute Gasteiger partial charge is 0.275 e. The Hall–Kier alpha value is -2.86. The summed E-state index contributed by atoms with van der Waals surface area (Å²) >= 11 is 6.08. The number of carbonyl (C=O) groups excluding carboxylic acids is 1. The van der Waals surface area contributed by atoms with Crippen LogP contribution in [0.5, 0.6) is 0 Å². The van der Waals surface area contributed by atoms with Gasteiger partial charge in [0.05, 0.1) is 6.54 Å². The van der Waals surface area contributed by atoms with Crippen LogP contribution in [0, 0.1) is 6.92 Å². The van der Waals surface area contributed by atoms with Crippen LogP contribution in [0.1, 0.15) is 27.2 Å². The van der Waals surface area contributed by atoms with Gasteiger partial charge in [-0.25, -0.2) is 4.68 Å². The van der Waals surface area contributed by atoms with Crippen molar-refractivity contribution >= 4 is 23.3 Å². The van der Waals surface area contributed by atoms with E-state index in [-0.39, 0.29) is 17.4 Å². The van der Waals surface area contributed by atoms with E-state index in [2.05, 4.69) is 15.6 Å². The Balaban J connectivity index is 1.68. The van der Waals surface area contributed by atoms with Crippen LogP contribution in [0.3, 0.4) is 0 Å². The number of benzene rings is 2. The van der Waals surface area contributed by atoms with Crippen LogP contribution in [-0.2, 0) is 13.1 Å². The molecule has 25 heavy (non-hydrogen) atoms. The Morgan fingerprint density at radius 3 is 2.64 bits per heavy atom. The van der Waals surface area contributed by atoms with Crippen LogP contribution in [0.2, 0.25) is 5.02 Å². The van der Waals surface area contributed by atoms with Crippen molar-refractivity contribution in [1.82, 2.24) is 20.3 Å². The SMILES string of the molecule is Cc1ccc(Cn2nnc(C(=O)NCc3ccccc3Cl)c2N)cc1. The second kappa shape index (κ2) is 7.36. The van der Waals surface area contributed by atoms with Crippen LogP contribution >= 0.6 is 11.6 Å². The monoisotopic (exact) mass is 355 g/mol. The van der Waals surface area contributed by atoms with Gasteiger partial charge in [0.25, 0.3) is 5.91 Å². The number of amides is 1. The second-order valence-corrected chi connectivity index (χ2v) is 6.15. The normalized spacial score (nSPS) is 10.6. The average molecular weight is 356 g/mol. The number of nitrogens with one attached hydrogen (secondary N) is 1. The molecule has 0 unspecified atom stereocenters. The Morgan fingerprint density at radius 2 is 1.92 bits per heavy atom. The molecule has 3 rings (SSSR count). The highest BCUT2D eigenvalue weighted by Gasteiger charge is 2.17. The maximum atomic E-state index is 12.3. The van der Waals surface area contributed by atoms with E-state index < -0.39 is 0 Å². The van der Waals surface area contributed by atoms with E-state index in [0.29, 0.717) is 18.1 Å². The standard InChI is InChI=1S/C18H18ClN5O/c1-12-6-8-13(9-7-12)11-24-17(20)16(22-23-24)18(25)21-10-14-4-2-3-5-15(14)19/h2-9H,10-11,20H2,1H3,(H,21,25). The number of hydrogen-bond acceptors (Lipinski definition) is 4. The number of nitrogens with zero attached hydrogens (tertiary/aromatic N) is 3. The lowest BCUT2D eigenvalue weighted by Gasteiger charge is -2.06. The topological polar surface area (TPSA) is 85.8 Å². The molecule has 1 heterocycles. The van der Waals surface area contributed by atoms with Gasteiger partial charge in [-0.15, -0.1) is 5.10 Å². The molecule has 1 aromatic heterocycles. The Kier molecular flexibility index (Phi) is 5.00. The lowest BCUT2D eigenvalue weighted by Crippen LogP contribution is -2.24. The number of aromatic nitrogens is 3. The molecule has 0 saturated carbocycles. The molecule has 0 saturated heterocycles. The second-order valence-electron chi connectivity index (χ2n) is 5.74. The number of nitrogen functional groups attached to an aromatic ring is 1. The van der Waals surface area contributed by atoms with E-state index >= 15 is 0 Å². The van der Waals surface area contributed by atoms with E-state index in [9.17, 15) is 4.79 Å². The predicted molar refractivity (Wildman–Crippen MR) is 97.3 cm³/mol. The van der Waals surface area contributed by atoms with Gasteiger partial charge in [-0.1, -0.05) is 64.8 Å². The average Bonchev–Trinajstić information content (AvgIpc) is 2.97. The highest BCUT2D eigenvalue weighted by Crippen LogP contribution is 2.15. The minimum Gasteiger partial charge on any atom is -0.382 e. The van der Waals surface area contributed by atoms with Gasteiger partial charge < -0.3 is 11.1 Å². The van der Waals surface area contributed by atoms with Crippen molar-refractivity contribution in [1.29, 1.82) is 0 Å². The number of aryl methyl sites for hydroxylation is 1. The summed E-state index contributed by atoms with van der Waals surface area (Å²) in [5.74, 6) is -0.148. The molecule has 0 aliphatic rings. The summed E-state index contributed by atoms with van der Waals surface area (Å²) in [6, 6.07) is 15.3. The first-order valence-electron chi connectivity index (χ1n) is 7.80. The summed E-state index contributed by atoms with van der Waals surface area (Å²) in [4.78, 5) is 12.3. The van der Waals surface area contributed by atoms with Crippen LogP contribution in [0.25, 0.3) is 0 Å². The van der Waals surface area contributed by atoms with Gasteiger partial charge in [-0.05, 0) is 24.1 Å². The summed E-state index contributed by atoms with van der Waals surface area (Å²) in [7, 11) is 0. The van der Waals surface area contributed by atoms with Crippen LogP contribution in [-0.4, -0.2) is 20.9 Å². The van der Waals surface area contributed by atoms with Crippen LogP contribution in [0.15, 0.2) is 48.5 Å². The van der Waals surface area contributed by atoms with Crippen molar-refractivity contribution in [3.8, 4) is 0 Å². The molecule has 1 amide bonds. The summed E-state index contributed by atoms with van der Waals surface area (Å²) in [5, 5.41) is 11.2. The van der Waals surface area contributed by atoms with Gasteiger partial charge in [-0.3, -0.25) is 4.79 Å². The number of halogens is 1. The van der Waals surface area contributed by atoms with Gasteiger partial charge in [0.15, 0.2) is 11.5 Å². The zero-order valence-corrected chi connectivity index (χ0v) is 14.5. The molecule has 0 radical (unpaired) electrons. The van der Waals surface area contributed by atoms with Gasteiger partial charge in [0.2, 0.25) is 0 Å². The van der Waals surface area contributed by atoms with Gasteiger partial charge >= 0.3 is 0 Å². The van der Waals surface area contributed by atoms with E-state index in [1.807, 2.05) is 49.4 Å². The molecular weight excluding hydrogens is 338 g/mol. The fraction of sp³-hybridized carbons (Fsp3) is 0.167. The van der Waals surface area contributed by atoms with Gasteiger partial charge in [0, 0.05) is 11.6 Å². The molecule has 2 aromatic carbocycles. The molecule has 0 fully saturated rings. The quantitative estimate of drug-likeness (QED) is 0.736. The van der Waals surface area contributed by atoms with E-state index in [1.165, 1.54) is 10.2 Å². The van der Waals surface area contributed by atoms with E-state index in [0.717, 1.165) is 11.1 Å². The van der Waals surface area contributed by atoms with Crippen LogP contribution < -0.4 is 11.1 Å². The molecule has 3 N–H and O–H groups in total. The first kappa shape index (κ1) is 17.0. The lowest BCUT2D eigenvalue weighted by atomic mass is 10.1. The van der Waals surface area contributed by atoms with Crippen LogP contribution in [0.4, 0.5) is 5.82 Å². The molecule has 0 spiro atoms. The molecule has 3 aromatic rings. The molecule has 6 nitrogen and oxygen atoms in total. The maximum absolute atomic E-state index is 12.3. The third-order valence-electron chi connectivity index (χ3n) is 3.84. The molecule has 7 heteroatoms. The molecular formula is C18H18ClN5O. The largest absolute Gasteiger partial charge is 0.382 e. The summed E-state index contributed by atoms with van der Waals surface area (Å²) in [6.45, 7) is 2.77. The highest BCUT2D eigenvalue weighted by molar-refractivity contribution is 6.31. The minimum atomic E-state index is -0.382. The number of carbonyl (C=O) groups is 1. The van der Waals surface area contributed by atoms with Crippen molar-refractivity contribution in [2.75, 3.05) is 5.73 Å². The first-order valence-corrected chi connectivity index (χ1v) is 8.18. The number of anilines is 1. The minimum absolute atomic E-state index is 0.110. The van der Waals surface area contributed by atoms with E-state index in [4.69, 9.17) is 17.3 Å². The third kappa shape index (κ3) is 3.97. The van der Waals surface area contributed by atoms with Gasteiger partial charge in [-0.2, -0.15) is 0 Å². The number of hydrogen-bond donors (Lipinski definition) is 2. The lowest BCUT2D eigenvalue weighted by molar-refractivity contribution is 0.0947. The Morgan fingerprint density at radius 1 is 1.20 bits per heavy atom. The fourth-order valence-electron chi connectivity index (χ4n) is 2.37. The molecule has 128 valence electrons. The summed E-state index contributed by atoms with van der Waals surface area (Å²) < 4.78 is 1.51. The highest BCUT2D eigenvalue weighted by atomic mass is 35.5. The number of rotatable bonds is 5. The van der Waals surface area contributed by atoms with Crippen molar-refractivity contribution in [3.63, 3.8) is 0 Å². The number of nitrogens with two attached hydrogens (primary N) is 1. The van der Waals surface area contributed by atoms with Crippen molar-refractivity contribution in [2.24, 2.45) is 0 Å². The van der Waals surface area contributed by atoms with Crippen molar-refractivity contribution < 1.29 is 4.79 Å². The molecule has 0 aliphatic heterocycles. The summed E-state index contributed by atoms with van der Waals surface area (Å²) in [6.07, 6.45) is 0. The first-order chi connectivity index (χ1) is 12.0. The van der Waals surface area contributed by atoms with Gasteiger partial charge in [0.1, 0.15) is 0 Å². The Labute approximate surface area is 150 Å². The molecule has 0 bridgehead atoms. The summed E-state index contributed by atoms with van der Waals surface area (Å²) in [5.41, 5.74) is 9.17. The maximum Gasteiger partial charge on any atom is 0.275 e. The third-order valence-corrected chi connectivity index (χ3v) is 4.21. The molecule has 0 atom stereocenters. The van der Waals surface area contributed by atoms with Crippen molar-refractivity contribution in [2.45, 2.75) is 20.0 Å². The predicted octanol–water partition coefficient (Wildman–Crippen LogP) is 2.80.